The van der Waals surface area contributed by atoms with E-state index >= 15 is 0 Å². The van der Waals surface area contributed by atoms with Crippen molar-refractivity contribution in [2.75, 3.05) is 13.7 Å². The van der Waals surface area contributed by atoms with Crippen LogP contribution in [-0.2, 0) is 9.53 Å². The maximum atomic E-state index is 11.8. The molecule has 1 aromatic carbocycles. The Kier molecular flexibility index (Phi) is 5.08. The molecule has 18 heavy (non-hydrogen) atoms. The Morgan fingerprint density at radius 2 is 2.06 bits per heavy atom. The molecule has 0 aliphatic heterocycles. The van der Waals surface area contributed by atoms with E-state index < -0.39 is 4.75 Å². The van der Waals surface area contributed by atoms with Crippen molar-refractivity contribution in [3.8, 4) is 5.75 Å². The first kappa shape index (κ1) is 14.9. The molecular formula is C14H20O3S. The van der Waals surface area contributed by atoms with Gasteiger partial charge in [0, 0.05) is 4.90 Å². The van der Waals surface area contributed by atoms with E-state index in [2.05, 4.69) is 0 Å². The predicted octanol–water partition coefficient (Wildman–Crippen LogP) is 3.44. The summed E-state index contributed by atoms with van der Waals surface area (Å²) in [5.41, 5.74) is 1.06. The quantitative estimate of drug-likeness (QED) is 0.605. The number of hydrogen-bond donors (Lipinski definition) is 0. The highest BCUT2D eigenvalue weighted by Crippen LogP contribution is 2.35. The van der Waals surface area contributed by atoms with Gasteiger partial charge in [0.25, 0.3) is 0 Å². The molecule has 0 aliphatic rings. The van der Waals surface area contributed by atoms with E-state index in [4.69, 9.17) is 9.47 Å². The third kappa shape index (κ3) is 3.67. The van der Waals surface area contributed by atoms with Gasteiger partial charge >= 0.3 is 5.97 Å². The summed E-state index contributed by atoms with van der Waals surface area (Å²) in [5, 5.41) is 0. The Balaban J connectivity index is 2.84. The lowest BCUT2D eigenvalue weighted by Crippen LogP contribution is -2.29. The summed E-state index contributed by atoms with van der Waals surface area (Å²) in [7, 11) is 1.65. The molecule has 1 aromatic rings. The molecule has 0 aromatic heterocycles. The lowest BCUT2D eigenvalue weighted by molar-refractivity contribution is -0.145. The van der Waals surface area contributed by atoms with Crippen LogP contribution < -0.4 is 4.74 Å². The van der Waals surface area contributed by atoms with Crippen LogP contribution in [0.25, 0.3) is 0 Å². The zero-order valence-corrected chi connectivity index (χ0v) is 12.4. The van der Waals surface area contributed by atoms with Crippen LogP contribution in [0.4, 0.5) is 0 Å². The number of carbonyl (C=O) groups excluding carboxylic acids is 1. The summed E-state index contributed by atoms with van der Waals surface area (Å²) < 4.78 is 9.70. The molecule has 0 fully saturated rings. The number of benzene rings is 1. The van der Waals surface area contributed by atoms with E-state index in [0.29, 0.717) is 6.61 Å². The van der Waals surface area contributed by atoms with Crippen molar-refractivity contribution >= 4 is 17.7 Å². The number of rotatable bonds is 5. The van der Waals surface area contributed by atoms with E-state index in [9.17, 15) is 4.79 Å². The predicted molar refractivity (Wildman–Crippen MR) is 74.3 cm³/mol. The Labute approximate surface area is 113 Å². The molecule has 0 heterocycles. The number of esters is 1. The minimum absolute atomic E-state index is 0.191. The summed E-state index contributed by atoms with van der Waals surface area (Å²) in [6.45, 7) is 7.95. The number of methoxy groups -OCH3 is 1. The Hall–Kier alpha value is -1.16. The van der Waals surface area contributed by atoms with Gasteiger partial charge in [-0.05, 0) is 51.5 Å². The molecule has 0 spiro atoms. The van der Waals surface area contributed by atoms with Gasteiger partial charge in [0.05, 0.1) is 13.7 Å². The molecule has 100 valence electrons. The minimum atomic E-state index is -0.586. The fraction of sp³-hybridized carbons (Fsp3) is 0.500. The SMILES string of the molecule is CCOC(=O)C(C)(C)Sc1ccc(OC)c(C)c1. The van der Waals surface area contributed by atoms with Gasteiger partial charge in [-0.1, -0.05) is 0 Å². The van der Waals surface area contributed by atoms with Gasteiger partial charge in [-0.2, -0.15) is 0 Å². The molecule has 0 radical (unpaired) electrons. The topological polar surface area (TPSA) is 35.5 Å². The monoisotopic (exact) mass is 268 g/mol. The number of carbonyl (C=O) groups is 1. The zero-order chi connectivity index (χ0) is 13.8. The number of aryl methyl sites for hydroxylation is 1. The van der Waals surface area contributed by atoms with Crippen molar-refractivity contribution in [1.82, 2.24) is 0 Å². The van der Waals surface area contributed by atoms with Gasteiger partial charge in [0.2, 0.25) is 0 Å². The molecule has 1 rings (SSSR count). The molecule has 0 N–H and O–H groups in total. The molecule has 4 heteroatoms. The summed E-state index contributed by atoms with van der Waals surface area (Å²) in [5.74, 6) is 0.664. The van der Waals surface area contributed by atoms with Gasteiger partial charge in [0.1, 0.15) is 10.5 Å². The molecule has 0 unspecified atom stereocenters. The summed E-state index contributed by atoms with van der Waals surface area (Å²) >= 11 is 1.50. The molecule has 0 atom stereocenters. The van der Waals surface area contributed by atoms with E-state index in [1.165, 1.54) is 11.8 Å². The van der Waals surface area contributed by atoms with Crippen molar-refractivity contribution < 1.29 is 14.3 Å². The van der Waals surface area contributed by atoms with Crippen molar-refractivity contribution in [1.29, 1.82) is 0 Å². The van der Waals surface area contributed by atoms with Crippen LogP contribution in [0.15, 0.2) is 23.1 Å². The average Bonchev–Trinajstić information content (AvgIpc) is 2.29. The van der Waals surface area contributed by atoms with Crippen LogP contribution in [0.5, 0.6) is 5.75 Å². The number of ether oxygens (including phenoxy) is 2. The standard InChI is InChI=1S/C14H20O3S/c1-6-17-13(15)14(3,4)18-11-7-8-12(16-5)10(2)9-11/h7-9H,6H2,1-5H3. The third-order valence-corrected chi connectivity index (χ3v) is 3.67. The first-order valence-corrected chi connectivity index (χ1v) is 6.73. The van der Waals surface area contributed by atoms with E-state index in [0.717, 1.165) is 16.2 Å². The fourth-order valence-electron chi connectivity index (χ4n) is 1.56. The molecule has 0 aliphatic carbocycles. The highest BCUT2D eigenvalue weighted by Gasteiger charge is 2.30. The highest BCUT2D eigenvalue weighted by atomic mass is 32.2. The maximum Gasteiger partial charge on any atom is 0.321 e. The molecule has 3 nitrogen and oxygen atoms in total. The maximum absolute atomic E-state index is 11.8. The van der Waals surface area contributed by atoms with E-state index in [-0.39, 0.29) is 5.97 Å². The summed E-state index contributed by atoms with van der Waals surface area (Å²) in [4.78, 5) is 12.8. The lowest BCUT2D eigenvalue weighted by atomic mass is 10.2. The summed E-state index contributed by atoms with van der Waals surface area (Å²) in [6.07, 6.45) is 0. The second kappa shape index (κ2) is 6.14. The van der Waals surface area contributed by atoms with Crippen molar-refractivity contribution in [2.45, 2.75) is 37.3 Å². The van der Waals surface area contributed by atoms with Crippen LogP contribution in [0.2, 0.25) is 0 Å². The second-order valence-corrected chi connectivity index (χ2v) is 6.16. The normalized spacial score (nSPS) is 11.2. The van der Waals surface area contributed by atoms with Gasteiger partial charge in [-0.3, -0.25) is 4.79 Å². The second-order valence-electron chi connectivity index (χ2n) is 4.46. The van der Waals surface area contributed by atoms with Crippen LogP contribution in [-0.4, -0.2) is 24.4 Å². The highest BCUT2D eigenvalue weighted by molar-refractivity contribution is 8.01. The third-order valence-electron chi connectivity index (χ3n) is 2.51. The Morgan fingerprint density at radius 3 is 2.56 bits per heavy atom. The van der Waals surface area contributed by atoms with E-state index in [1.54, 1.807) is 7.11 Å². The number of thioether (sulfide) groups is 1. The molecule has 0 saturated heterocycles. The van der Waals surface area contributed by atoms with Gasteiger partial charge in [0.15, 0.2) is 0 Å². The molecule has 0 amide bonds. The molecule has 0 bridgehead atoms. The van der Waals surface area contributed by atoms with E-state index in [1.807, 2.05) is 45.9 Å². The largest absolute Gasteiger partial charge is 0.496 e. The lowest BCUT2D eigenvalue weighted by Gasteiger charge is -2.22. The zero-order valence-electron chi connectivity index (χ0n) is 11.6. The first-order valence-electron chi connectivity index (χ1n) is 5.91. The number of hydrogen-bond acceptors (Lipinski definition) is 4. The Bertz CT molecular complexity index is 427. The van der Waals surface area contributed by atoms with Crippen molar-refractivity contribution in [2.24, 2.45) is 0 Å². The summed E-state index contributed by atoms with van der Waals surface area (Å²) in [6, 6.07) is 5.89. The minimum Gasteiger partial charge on any atom is -0.496 e. The first-order chi connectivity index (χ1) is 8.40. The van der Waals surface area contributed by atoms with Gasteiger partial charge in [-0.15, -0.1) is 11.8 Å². The van der Waals surface area contributed by atoms with Gasteiger partial charge < -0.3 is 9.47 Å². The molecular weight excluding hydrogens is 248 g/mol. The van der Waals surface area contributed by atoms with Crippen molar-refractivity contribution in [3.05, 3.63) is 23.8 Å². The van der Waals surface area contributed by atoms with Crippen LogP contribution in [0.1, 0.15) is 26.3 Å². The smallest absolute Gasteiger partial charge is 0.321 e. The van der Waals surface area contributed by atoms with Crippen LogP contribution >= 0.6 is 11.8 Å². The molecule has 0 saturated carbocycles. The Morgan fingerprint density at radius 1 is 1.39 bits per heavy atom. The van der Waals surface area contributed by atoms with Crippen LogP contribution in [0.3, 0.4) is 0 Å². The van der Waals surface area contributed by atoms with Gasteiger partial charge in [-0.25, -0.2) is 0 Å². The van der Waals surface area contributed by atoms with Crippen molar-refractivity contribution in [3.63, 3.8) is 0 Å². The fourth-order valence-corrected chi connectivity index (χ4v) is 2.66. The van der Waals surface area contributed by atoms with Crippen LogP contribution in [0, 0.1) is 6.92 Å². The average molecular weight is 268 g/mol.